The van der Waals surface area contributed by atoms with Gasteiger partial charge in [-0.1, -0.05) is 26.5 Å². The molecule has 0 unspecified atom stereocenters. The van der Waals surface area contributed by atoms with Crippen molar-refractivity contribution in [3.05, 3.63) is 24.8 Å². The van der Waals surface area contributed by atoms with E-state index in [0.29, 0.717) is 6.54 Å². The number of nitrogens with one attached hydrogen (secondary N) is 1. The number of unbranched alkanes of at least 4 members (excludes halogenated alkanes) is 1. The number of carboxylic acids is 1. The molecule has 2 N–H and O–H groups in total. The number of hydrogen-bond acceptors (Lipinski definition) is 4. The number of amides is 1. The second-order valence-corrected chi connectivity index (χ2v) is 3.91. The summed E-state index contributed by atoms with van der Waals surface area (Å²) < 4.78 is 4.65. The smallest absolute Gasteiger partial charge is 0.330 e. The van der Waals surface area contributed by atoms with Crippen LogP contribution in [0.4, 0.5) is 0 Å². The number of ether oxygens (including phenoxy) is 1. The van der Waals surface area contributed by atoms with Gasteiger partial charge in [0.25, 0.3) is 0 Å². The molecule has 0 spiro atoms. The molecule has 0 saturated carbocycles. The molecule has 0 aromatic heterocycles. The summed E-state index contributed by atoms with van der Waals surface area (Å²) in [5, 5.41) is 10.6. The molecule has 6 heteroatoms. The molecule has 0 heterocycles. The van der Waals surface area contributed by atoms with Crippen molar-refractivity contribution in [1.82, 2.24) is 5.32 Å². The topological polar surface area (TPSA) is 92.7 Å². The second kappa shape index (κ2) is 13.3. The summed E-state index contributed by atoms with van der Waals surface area (Å²) in [6.45, 7) is 10.7. The van der Waals surface area contributed by atoms with Crippen LogP contribution in [0.25, 0.3) is 0 Å². The normalized spacial score (nSPS) is 8.70. The second-order valence-electron chi connectivity index (χ2n) is 3.91. The summed E-state index contributed by atoms with van der Waals surface area (Å²) in [5.74, 6) is -1.52. The standard InChI is InChI=1S/C10H17NO3.C4H6O2/c1-3-5-7-11-9(12)6-8-14-10(13)4-2;1-3(2)4(5)6/h4H,2-3,5-8H2,1H3,(H,11,12);1H2,2H3,(H,5,6). The van der Waals surface area contributed by atoms with Gasteiger partial charge in [-0.25, -0.2) is 9.59 Å². The predicted octanol–water partition coefficient (Wildman–Crippen LogP) is 1.67. The van der Waals surface area contributed by atoms with E-state index in [-0.39, 0.29) is 24.5 Å². The van der Waals surface area contributed by atoms with E-state index < -0.39 is 11.9 Å². The Bertz CT molecular complexity index is 337. The van der Waals surface area contributed by atoms with Gasteiger partial charge >= 0.3 is 11.9 Å². The molecular weight excluding hydrogens is 262 g/mol. The fraction of sp³-hybridized carbons (Fsp3) is 0.500. The summed E-state index contributed by atoms with van der Waals surface area (Å²) in [6.07, 6.45) is 3.31. The summed E-state index contributed by atoms with van der Waals surface area (Å²) >= 11 is 0. The van der Waals surface area contributed by atoms with Gasteiger partial charge in [-0.3, -0.25) is 4.79 Å². The van der Waals surface area contributed by atoms with Crippen molar-refractivity contribution in [2.45, 2.75) is 33.1 Å². The van der Waals surface area contributed by atoms with Crippen LogP contribution in [0.2, 0.25) is 0 Å². The molecular formula is C14H23NO5. The Morgan fingerprint density at radius 1 is 1.35 bits per heavy atom. The Hall–Kier alpha value is -2.11. The largest absolute Gasteiger partial charge is 0.478 e. The van der Waals surface area contributed by atoms with Crippen LogP contribution in [-0.4, -0.2) is 36.1 Å². The highest BCUT2D eigenvalue weighted by Crippen LogP contribution is 1.87. The fourth-order valence-electron chi connectivity index (χ4n) is 0.796. The minimum Gasteiger partial charge on any atom is -0.478 e. The van der Waals surface area contributed by atoms with Gasteiger partial charge < -0.3 is 15.2 Å². The summed E-state index contributed by atoms with van der Waals surface area (Å²) in [4.78, 5) is 31.2. The zero-order chi connectivity index (χ0) is 16.0. The minimum atomic E-state index is -0.935. The van der Waals surface area contributed by atoms with E-state index in [1.807, 2.05) is 0 Å². The minimum absolute atomic E-state index is 0.0877. The van der Waals surface area contributed by atoms with E-state index in [4.69, 9.17) is 5.11 Å². The molecule has 0 fully saturated rings. The van der Waals surface area contributed by atoms with Crippen molar-refractivity contribution >= 4 is 17.8 Å². The van der Waals surface area contributed by atoms with Crippen LogP contribution < -0.4 is 5.32 Å². The van der Waals surface area contributed by atoms with Crippen LogP contribution in [0, 0.1) is 0 Å². The zero-order valence-corrected chi connectivity index (χ0v) is 12.1. The van der Waals surface area contributed by atoms with Crippen molar-refractivity contribution in [3.63, 3.8) is 0 Å². The van der Waals surface area contributed by atoms with Crippen LogP contribution >= 0.6 is 0 Å². The number of esters is 1. The number of carboxylic acid groups (broad SMARTS) is 1. The number of carbonyl (C=O) groups is 3. The number of carbonyl (C=O) groups excluding carboxylic acids is 2. The van der Waals surface area contributed by atoms with Crippen molar-refractivity contribution in [3.8, 4) is 0 Å². The number of hydrogen-bond donors (Lipinski definition) is 2. The first-order valence-electron chi connectivity index (χ1n) is 6.29. The number of aliphatic carboxylic acids is 1. The maximum absolute atomic E-state index is 11.1. The van der Waals surface area contributed by atoms with Gasteiger partial charge in [0, 0.05) is 18.2 Å². The maximum atomic E-state index is 11.1. The van der Waals surface area contributed by atoms with Gasteiger partial charge in [-0.05, 0) is 13.3 Å². The van der Waals surface area contributed by atoms with Gasteiger partial charge in [0.15, 0.2) is 0 Å². The highest BCUT2D eigenvalue weighted by atomic mass is 16.5. The quantitative estimate of drug-likeness (QED) is 0.402. The lowest BCUT2D eigenvalue weighted by Crippen LogP contribution is -2.25. The third-order valence-corrected chi connectivity index (χ3v) is 1.96. The maximum Gasteiger partial charge on any atom is 0.330 e. The molecule has 0 saturated heterocycles. The molecule has 114 valence electrons. The molecule has 20 heavy (non-hydrogen) atoms. The van der Waals surface area contributed by atoms with Gasteiger partial charge in [-0.15, -0.1) is 0 Å². The van der Waals surface area contributed by atoms with E-state index in [9.17, 15) is 14.4 Å². The predicted molar refractivity (Wildman–Crippen MR) is 76.1 cm³/mol. The van der Waals surface area contributed by atoms with Crippen LogP contribution in [-0.2, 0) is 19.1 Å². The Labute approximate surface area is 119 Å². The monoisotopic (exact) mass is 285 g/mol. The average Bonchev–Trinajstić information content (AvgIpc) is 2.39. The van der Waals surface area contributed by atoms with E-state index >= 15 is 0 Å². The van der Waals surface area contributed by atoms with E-state index in [1.165, 1.54) is 6.92 Å². The molecule has 0 aromatic rings. The lowest BCUT2D eigenvalue weighted by Gasteiger charge is -2.03. The first-order chi connectivity index (χ1) is 9.34. The van der Waals surface area contributed by atoms with Gasteiger partial charge in [-0.2, -0.15) is 0 Å². The molecule has 0 bridgehead atoms. The molecule has 0 radical (unpaired) electrons. The first-order valence-corrected chi connectivity index (χ1v) is 6.29. The Morgan fingerprint density at radius 3 is 2.30 bits per heavy atom. The lowest BCUT2D eigenvalue weighted by molar-refractivity contribution is -0.138. The summed E-state index contributed by atoms with van der Waals surface area (Å²) in [6, 6.07) is 0. The van der Waals surface area contributed by atoms with Gasteiger partial charge in [0.2, 0.25) is 5.91 Å². The molecule has 0 aliphatic carbocycles. The zero-order valence-electron chi connectivity index (χ0n) is 12.1. The molecule has 1 amide bonds. The van der Waals surface area contributed by atoms with Crippen molar-refractivity contribution in [1.29, 1.82) is 0 Å². The van der Waals surface area contributed by atoms with Gasteiger partial charge in [0.05, 0.1) is 6.42 Å². The van der Waals surface area contributed by atoms with E-state index in [0.717, 1.165) is 18.9 Å². The van der Waals surface area contributed by atoms with Crippen LogP contribution in [0.1, 0.15) is 33.1 Å². The molecule has 0 rings (SSSR count). The van der Waals surface area contributed by atoms with Crippen LogP contribution in [0.15, 0.2) is 24.8 Å². The fourth-order valence-corrected chi connectivity index (χ4v) is 0.796. The van der Waals surface area contributed by atoms with Crippen molar-refractivity contribution in [2.24, 2.45) is 0 Å². The van der Waals surface area contributed by atoms with Crippen LogP contribution in [0.3, 0.4) is 0 Å². The first kappa shape index (κ1) is 20.2. The molecule has 0 atom stereocenters. The van der Waals surface area contributed by atoms with Crippen molar-refractivity contribution in [2.75, 3.05) is 13.2 Å². The summed E-state index contributed by atoms with van der Waals surface area (Å²) in [5.41, 5.74) is 0.176. The molecule has 0 aliphatic heterocycles. The van der Waals surface area contributed by atoms with E-state index in [2.05, 4.69) is 30.1 Å². The molecule has 0 aromatic carbocycles. The highest BCUT2D eigenvalue weighted by Gasteiger charge is 2.01. The molecule has 0 aliphatic rings. The third-order valence-electron chi connectivity index (χ3n) is 1.96. The lowest BCUT2D eigenvalue weighted by atomic mass is 10.3. The van der Waals surface area contributed by atoms with E-state index in [1.54, 1.807) is 0 Å². The highest BCUT2D eigenvalue weighted by molar-refractivity contribution is 5.84. The van der Waals surface area contributed by atoms with Crippen LogP contribution in [0.5, 0.6) is 0 Å². The SMILES string of the molecule is C=C(C)C(=O)O.C=CC(=O)OCCC(=O)NCCCC. The molecule has 6 nitrogen and oxygen atoms in total. The van der Waals surface area contributed by atoms with Crippen molar-refractivity contribution < 1.29 is 24.2 Å². The Kier molecular flexibility index (Phi) is 13.5. The Morgan fingerprint density at radius 2 is 1.90 bits per heavy atom. The average molecular weight is 285 g/mol. The summed E-state index contributed by atoms with van der Waals surface area (Å²) in [7, 11) is 0. The van der Waals surface area contributed by atoms with Gasteiger partial charge in [0.1, 0.15) is 6.61 Å². The third kappa shape index (κ3) is 15.9. The number of rotatable bonds is 8. The Balaban J connectivity index is 0.